The van der Waals surface area contributed by atoms with Gasteiger partial charge in [0, 0.05) is 11.3 Å². The molecule has 2 N–H and O–H groups in total. The van der Waals surface area contributed by atoms with Crippen molar-refractivity contribution in [2.24, 2.45) is 5.16 Å². The lowest BCUT2D eigenvalue weighted by atomic mass is 10.1. The number of anilines is 1. The van der Waals surface area contributed by atoms with Crippen molar-refractivity contribution in [1.82, 2.24) is 0 Å². The lowest BCUT2D eigenvalue weighted by Gasteiger charge is -2.12. The Morgan fingerprint density at radius 3 is 2.65 bits per heavy atom. The number of carbonyl (C=O) groups is 1. The van der Waals surface area contributed by atoms with Crippen LogP contribution >= 0.6 is 0 Å². The van der Waals surface area contributed by atoms with E-state index >= 15 is 0 Å². The van der Waals surface area contributed by atoms with Crippen molar-refractivity contribution in [1.29, 1.82) is 0 Å². The molecule has 0 saturated heterocycles. The van der Waals surface area contributed by atoms with E-state index in [1.807, 2.05) is 38.1 Å². The first-order valence-corrected chi connectivity index (χ1v) is 7.30. The van der Waals surface area contributed by atoms with Crippen molar-refractivity contribution in [2.45, 2.75) is 20.8 Å². The fraction of sp³-hybridized carbons (Fsp3) is 0.222. The van der Waals surface area contributed by atoms with Crippen LogP contribution in [0.3, 0.4) is 0 Å². The summed E-state index contributed by atoms with van der Waals surface area (Å²) < 4.78 is 5.56. The predicted octanol–water partition coefficient (Wildman–Crippen LogP) is 3.52. The van der Waals surface area contributed by atoms with Crippen LogP contribution in [0, 0.1) is 13.8 Å². The third kappa shape index (κ3) is 4.10. The number of amides is 1. The Labute approximate surface area is 135 Å². The largest absolute Gasteiger partial charge is 0.483 e. The first-order chi connectivity index (χ1) is 11.0. The van der Waals surface area contributed by atoms with E-state index in [2.05, 4.69) is 10.5 Å². The summed E-state index contributed by atoms with van der Waals surface area (Å²) in [5.74, 6) is 0.256. The summed E-state index contributed by atoms with van der Waals surface area (Å²) in [6.45, 7) is 5.50. The average Bonchev–Trinajstić information content (AvgIpc) is 2.56. The smallest absolute Gasteiger partial charge is 0.262 e. The van der Waals surface area contributed by atoms with Crippen LogP contribution in [0.5, 0.6) is 5.75 Å². The lowest BCUT2D eigenvalue weighted by Crippen LogP contribution is -2.21. The first-order valence-electron chi connectivity index (χ1n) is 7.30. The Kier molecular flexibility index (Phi) is 5.36. The normalized spacial score (nSPS) is 11.2. The molecule has 0 aliphatic heterocycles. The zero-order valence-corrected chi connectivity index (χ0v) is 13.5. The van der Waals surface area contributed by atoms with Crippen molar-refractivity contribution in [3.63, 3.8) is 0 Å². The van der Waals surface area contributed by atoms with Gasteiger partial charge in [0.1, 0.15) is 5.75 Å². The SMILES string of the molecule is C/C(=N\O)c1ccccc1OCC(=O)Nc1cccc(C)c1C. The quantitative estimate of drug-likeness (QED) is 0.504. The van der Waals surface area contributed by atoms with Gasteiger partial charge in [0.15, 0.2) is 6.61 Å². The molecule has 23 heavy (non-hydrogen) atoms. The molecular formula is C18H20N2O3. The average molecular weight is 312 g/mol. The van der Waals surface area contributed by atoms with E-state index in [-0.39, 0.29) is 12.5 Å². The number of hydrogen-bond acceptors (Lipinski definition) is 4. The maximum atomic E-state index is 12.1. The summed E-state index contributed by atoms with van der Waals surface area (Å²) >= 11 is 0. The number of oxime groups is 1. The zero-order valence-electron chi connectivity index (χ0n) is 13.5. The number of benzene rings is 2. The molecule has 0 spiro atoms. The Bertz CT molecular complexity index is 739. The number of carbonyl (C=O) groups excluding carboxylic acids is 1. The Morgan fingerprint density at radius 1 is 1.17 bits per heavy atom. The zero-order chi connectivity index (χ0) is 16.8. The van der Waals surface area contributed by atoms with Gasteiger partial charge < -0.3 is 15.3 Å². The van der Waals surface area contributed by atoms with Gasteiger partial charge in [-0.2, -0.15) is 0 Å². The molecule has 5 nitrogen and oxygen atoms in total. The maximum Gasteiger partial charge on any atom is 0.262 e. The highest BCUT2D eigenvalue weighted by Crippen LogP contribution is 2.20. The molecule has 1 amide bonds. The van der Waals surface area contributed by atoms with Crippen molar-refractivity contribution in [2.75, 3.05) is 11.9 Å². The third-order valence-electron chi connectivity index (χ3n) is 3.66. The van der Waals surface area contributed by atoms with E-state index in [0.29, 0.717) is 17.0 Å². The van der Waals surface area contributed by atoms with Crippen molar-refractivity contribution >= 4 is 17.3 Å². The van der Waals surface area contributed by atoms with E-state index in [1.54, 1.807) is 25.1 Å². The second kappa shape index (κ2) is 7.45. The molecular weight excluding hydrogens is 292 g/mol. The standard InChI is InChI=1S/C18H20N2O3/c1-12-7-6-9-16(13(12)2)19-18(21)11-23-17-10-5-4-8-15(17)14(3)20-22/h4-10,22H,11H2,1-3H3,(H,19,21)/b20-14+. The number of rotatable bonds is 5. The Balaban J connectivity index is 2.04. The van der Waals surface area contributed by atoms with Crippen molar-refractivity contribution < 1.29 is 14.7 Å². The number of nitrogens with one attached hydrogen (secondary N) is 1. The van der Waals surface area contributed by atoms with Crippen LogP contribution in [0.25, 0.3) is 0 Å². The molecule has 120 valence electrons. The van der Waals surface area contributed by atoms with Gasteiger partial charge in [-0.05, 0) is 50.1 Å². The third-order valence-corrected chi connectivity index (χ3v) is 3.66. The molecule has 5 heteroatoms. The second-order valence-corrected chi connectivity index (χ2v) is 5.27. The molecule has 2 aromatic rings. The van der Waals surface area contributed by atoms with E-state index < -0.39 is 0 Å². The Hall–Kier alpha value is -2.82. The molecule has 2 aromatic carbocycles. The van der Waals surface area contributed by atoms with Crippen LogP contribution < -0.4 is 10.1 Å². The molecule has 0 heterocycles. The number of hydrogen-bond donors (Lipinski definition) is 2. The minimum atomic E-state index is -0.243. The van der Waals surface area contributed by atoms with E-state index in [1.165, 1.54) is 0 Å². The molecule has 0 atom stereocenters. The first kappa shape index (κ1) is 16.5. The van der Waals surface area contributed by atoms with Crippen LogP contribution in [-0.2, 0) is 4.79 Å². The van der Waals surface area contributed by atoms with Gasteiger partial charge in [0.25, 0.3) is 5.91 Å². The highest BCUT2D eigenvalue weighted by Gasteiger charge is 2.10. The van der Waals surface area contributed by atoms with Crippen molar-refractivity contribution in [3.8, 4) is 5.75 Å². The fourth-order valence-electron chi connectivity index (χ4n) is 2.16. The molecule has 2 rings (SSSR count). The van der Waals surface area contributed by atoms with Gasteiger partial charge in [0.05, 0.1) is 5.71 Å². The lowest BCUT2D eigenvalue weighted by molar-refractivity contribution is -0.118. The van der Waals surface area contributed by atoms with E-state index in [9.17, 15) is 4.79 Å². The summed E-state index contributed by atoms with van der Waals surface area (Å²) in [6.07, 6.45) is 0. The highest BCUT2D eigenvalue weighted by molar-refractivity contribution is 6.01. The Morgan fingerprint density at radius 2 is 1.91 bits per heavy atom. The van der Waals surface area contributed by atoms with Gasteiger partial charge >= 0.3 is 0 Å². The van der Waals surface area contributed by atoms with Gasteiger partial charge in [0.2, 0.25) is 0 Å². The van der Waals surface area contributed by atoms with Crippen LogP contribution in [-0.4, -0.2) is 23.4 Å². The molecule has 0 bridgehead atoms. The number of nitrogens with zero attached hydrogens (tertiary/aromatic N) is 1. The van der Waals surface area contributed by atoms with Gasteiger partial charge in [-0.3, -0.25) is 4.79 Å². The number of aryl methyl sites for hydroxylation is 1. The minimum Gasteiger partial charge on any atom is -0.483 e. The van der Waals surface area contributed by atoms with E-state index in [4.69, 9.17) is 9.94 Å². The topological polar surface area (TPSA) is 70.9 Å². The summed E-state index contributed by atoms with van der Waals surface area (Å²) in [5.41, 5.74) is 4.00. The highest BCUT2D eigenvalue weighted by atomic mass is 16.5. The van der Waals surface area contributed by atoms with Crippen LogP contribution in [0.15, 0.2) is 47.6 Å². The monoisotopic (exact) mass is 312 g/mol. The fourth-order valence-corrected chi connectivity index (χ4v) is 2.16. The summed E-state index contributed by atoms with van der Waals surface area (Å²) in [4.78, 5) is 12.1. The van der Waals surface area contributed by atoms with E-state index in [0.717, 1.165) is 16.8 Å². The number of para-hydroxylation sites is 1. The second-order valence-electron chi connectivity index (χ2n) is 5.27. The van der Waals surface area contributed by atoms with Crippen molar-refractivity contribution in [3.05, 3.63) is 59.2 Å². The predicted molar refractivity (Wildman–Crippen MR) is 90.5 cm³/mol. The van der Waals surface area contributed by atoms with Gasteiger partial charge in [-0.25, -0.2) is 0 Å². The summed E-state index contributed by atoms with van der Waals surface area (Å²) in [7, 11) is 0. The van der Waals surface area contributed by atoms with Gasteiger partial charge in [-0.15, -0.1) is 0 Å². The van der Waals surface area contributed by atoms with Gasteiger partial charge in [-0.1, -0.05) is 29.4 Å². The maximum absolute atomic E-state index is 12.1. The number of ether oxygens (including phenoxy) is 1. The minimum absolute atomic E-state index is 0.122. The molecule has 0 aliphatic carbocycles. The molecule has 0 unspecified atom stereocenters. The molecule has 0 fully saturated rings. The summed E-state index contributed by atoms with van der Waals surface area (Å²) in [6, 6.07) is 12.9. The molecule has 0 radical (unpaired) electrons. The molecule has 0 aliphatic rings. The van der Waals surface area contributed by atoms with Crippen LogP contribution in [0.2, 0.25) is 0 Å². The molecule has 0 saturated carbocycles. The summed E-state index contributed by atoms with van der Waals surface area (Å²) in [5, 5.41) is 14.9. The van der Waals surface area contributed by atoms with Crippen LogP contribution in [0.1, 0.15) is 23.6 Å². The van der Waals surface area contributed by atoms with Crippen LogP contribution in [0.4, 0.5) is 5.69 Å². The molecule has 0 aromatic heterocycles.